The molecule has 0 bridgehead atoms. The molecular formula is C12H19N3O2S. The third-order valence-corrected chi connectivity index (χ3v) is 3.57. The molecule has 1 aliphatic rings. The fourth-order valence-electron chi connectivity index (χ4n) is 1.95. The summed E-state index contributed by atoms with van der Waals surface area (Å²) in [6.07, 6.45) is 3.70. The molecule has 1 saturated heterocycles. The van der Waals surface area contributed by atoms with Gasteiger partial charge in [-0.3, -0.25) is 0 Å². The Kier molecular flexibility index (Phi) is 5.41. The van der Waals surface area contributed by atoms with Crippen molar-refractivity contribution in [3.63, 3.8) is 0 Å². The maximum Gasteiger partial charge on any atom is 0.315 e. The highest BCUT2D eigenvalue weighted by atomic mass is 32.1. The fourth-order valence-corrected chi connectivity index (χ4v) is 2.54. The van der Waals surface area contributed by atoms with Gasteiger partial charge >= 0.3 is 6.03 Å². The summed E-state index contributed by atoms with van der Waals surface area (Å²) in [5, 5.41) is 7.86. The first-order valence-corrected chi connectivity index (χ1v) is 7.28. The SMILES string of the molecule is O=C(NCCc1cscn1)NC1CCCOCC1. The van der Waals surface area contributed by atoms with E-state index in [-0.39, 0.29) is 12.1 Å². The Morgan fingerprint density at radius 3 is 3.28 bits per heavy atom. The van der Waals surface area contributed by atoms with Crippen LogP contribution in [0.25, 0.3) is 0 Å². The largest absolute Gasteiger partial charge is 0.381 e. The molecule has 1 fully saturated rings. The standard InChI is InChI=1S/C12H19N3O2S/c16-12(13-5-3-11-8-18-9-14-11)15-10-2-1-6-17-7-4-10/h8-10H,1-7H2,(H2,13,15,16). The minimum absolute atomic E-state index is 0.0860. The molecule has 100 valence electrons. The maximum absolute atomic E-state index is 11.7. The molecular weight excluding hydrogens is 250 g/mol. The van der Waals surface area contributed by atoms with E-state index < -0.39 is 0 Å². The van der Waals surface area contributed by atoms with E-state index in [1.807, 2.05) is 5.38 Å². The number of carbonyl (C=O) groups is 1. The van der Waals surface area contributed by atoms with Gasteiger partial charge in [0.05, 0.1) is 11.2 Å². The lowest BCUT2D eigenvalue weighted by atomic mass is 10.1. The Bertz CT molecular complexity index is 348. The van der Waals surface area contributed by atoms with Crippen molar-refractivity contribution in [2.75, 3.05) is 19.8 Å². The van der Waals surface area contributed by atoms with Gasteiger partial charge in [0, 0.05) is 37.6 Å². The minimum atomic E-state index is -0.0860. The third-order valence-electron chi connectivity index (χ3n) is 2.94. The molecule has 2 N–H and O–H groups in total. The van der Waals surface area contributed by atoms with Gasteiger partial charge in [-0.15, -0.1) is 11.3 Å². The summed E-state index contributed by atoms with van der Waals surface area (Å²) in [6, 6.07) is 0.156. The van der Waals surface area contributed by atoms with Crippen molar-refractivity contribution in [2.24, 2.45) is 0 Å². The number of hydrogen-bond donors (Lipinski definition) is 2. The quantitative estimate of drug-likeness (QED) is 0.872. The van der Waals surface area contributed by atoms with Crippen LogP contribution in [0.4, 0.5) is 4.79 Å². The lowest BCUT2D eigenvalue weighted by molar-refractivity contribution is 0.143. The van der Waals surface area contributed by atoms with Crippen molar-refractivity contribution in [1.29, 1.82) is 0 Å². The summed E-state index contributed by atoms with van der Waals surface area (Å²) in [7, 11) is 0. The van der Waals surface area contributed by atoms with Crippen LogP contribution in [0.2, 0.25) is 0 Å². The predicted octanol–water partition coefficient (Wildman–Crippen LogP) is 1.55. The van der Waals surface area contributed by atoms with Crippen LogP contribution in [-0.2, 0) is 11.2 Å². The van der Waals surface area contributed by atoms with Crippen LogP contribution in [0.1, 0.15) is 25.0 Å². The van der Waals surface area contributed by atoms with Crippen molar-refractivity contribution < 1.29 is 9.53 Å². The topological polar surface area (TPSA) is 63.2 Å². The van der Waals surface area contributed by atoms with E-state index >= 15 is 0 Å². The molecule has 1 unspecified atom stereocenters. The van der Waals surface area contributed by atoms with Crippen molar-refractivity contribution in [3.8, 4) is 0 Å². The van der Waals surface area contributed by atoms with Crippen LogP contribution in [0.5, 0.6) is 0 Å². The number of amides is 2. The van der Waals surface area contributed by atoms with Gasteiger partial charge in [-0.05, 0) is 19.3 Å². The number of hydrogen-bond acceptors (Lipinski definition) is 4. The maximum atomic E-state index is 11.7. The smallest absolute Gasteiger partial charge is 0.315 e. The monoisotopic (exact) mass is 269 g/mol. The van der Waals surface area contributed by atoms with Gasteiger partial charge in [0.25, 0.3) is 0 Å². The first-order valence-electron chi connectivity index (χ1n) is 6.34. The van der Waals surface area contributed by atoms with E-state index in [4.69, 9.17) is 4.74 Å². The lowest BCUT2D eigenvalue weighted by Gasteiger charge is -2.15. The average molecular weight is 269 g/mol. The van der Waals surface area contributed by atoms with Gasteiger partial charge in [-0.1, -0.05) is 0 Å². The number of nitrogens with zero attached hydrogens (tertiary/aromatic N) is 1. The first kappa shape index (κ1) is 13.3. The third kappa shape index (κ3) is 4.62. The Morgan fingerprint density at radius 2 is 2.44 bits per heavy atom. The zero-order valence-electron chi connectivity index (χ0n) is 10.4. The molecule has 1 aromatic rings. The number of urea groups is 1. The molecule has 18 heavy (non-hydrogen) atoms. The number of nitrogens with one attached hydrogen (secondary N) is 2. The number of rotatable bonds is 4. The number of ether oxygens (including phenoxy) is 1. The number of aromatic nitrogens is 1. The summed E-state index contributed by atoms with van der Waals surface area (Å²) >= 11 is 1.58. The van der Waals surface area contributed by atoms with Gasteiger partial charge in [0.1, 0.15) is 0 Å². The van der Waals surface area contributed by atoms with E-state index in [0.717, 1.165) is 44.6 Å². The van der Waals surface area contributed by atoms with E-state index in [1.165, 1.54) is 0 Å². The van der Waals surface area contributed by atoms with Crippen LogP contribution in [0, 0.1) is 0 Å². The second-order valence-corrected chi connectivity index (χ2v) is 5.09. The Hall–Kier alpha value is -1.14. The van der Waals surface area contributed by atoms with Crippen molar-refractivity contribution in [3.05, 3.63) is 16.6 Å². The van der Waals surface area contributed by atoms with Crippen LogP contribution in [0.3, 0.4) is 0 Å². The van der Waals surface area contributed by atoms with E-state index in [0.29, 0.717) is 6.54 Å². The molecule has 2 rings (SSSR count). The van der Waals surface area contributed by atoms with Crippen LogP contribution >= 0.6 is 11.3 Å². The van der Waals surface area contributed by atoms with Gasteiger partial charge < -0.3 is 15.4 Å². The highest BCUT2D eigenvalue weighted by molar-refractivity contribution is 7.07. The number of carbonyl (C=O) groups excluding carboxylic acids is 1. The summed E-state index contributed by atoms with van der Waals surface area (Å²) in [5.41, 5.74) is 2.84. The van der Waals surface area contributed by atoms with Crippen molar-refractivity contribution in [2.45, 2.75) is 31.7 Å². The minimum Gasteiger partial charge on any atom is -0.381 e. The highest BCUT2D eigenvalue weighted by Gasteiger charge is 2.14. The molecule has 0 radical (unpaired) electrons. The van der Waals surface area contributed by atoms with Gasteiger partial charge in [-0.2, -0.15) is 0 Å². The summed E-state index contributed by atoms with van der Waals surface area (Å²) < 4.78 is 5.36. The average Bonchev–Trinajstić information content (AvgIpc) is 2.74. The molecule has 1 atom stereocenters. The molecule has 2 heterocycles. The predicted molar refractivity (Wildman–Crippen MR) is 70.8 cm³/mol. The number of thiazole rings is 1. The molecule has 2 amide bonds. The fraction of sp³-hybridized carbons (Fsp3) is 0.667. The van der Waals surface area contributed by atoms with Crippen molar-refractivity contribution >= 4 is 17.4 Å². The van der Waals surface area contributed by atoms with Crippen molar-refractivity contribution in [1.82, 2.24) is 15.6 Å². The van der Waals surface area contributed by atoms with Crippen LogP contribution in [-0.4, -0.2) is 36.8 Å². The summed E-state index contributed by atoms with van der Waals surface area (Å²) in [6.45, 7) is 2.17. The van der Waals surface area contributed by atoms with E-state index in [9.17, 15) is 4.79 Å². The van der Waals surface area contributed by atoms with Gasteiger partial charge in [0.2, 0.25) is 0 Å². The first-order chi connectivity index (χ1) is 8.84. The zero-order valence-corrected chi connectivity index (χ0v) is 11.2. The normalized spacial score (nSPS) is 20.1. The van der Waals surface area contributed by atoms with Crippen LogP contribution < -0.4 is 10.6 Å². The molecule has 0 aliphatic carbocycles. The highest BCUT2D eigenvalue weighted by Crippen LogP contribution is 2.07. The summed E-state index contributed by atoms with van der Waals surface area (Å²) in [5.74, 6) is 0. The lowest BCUT2D eigenvalue weighted by Crippen LogP contribution is -2.42. The Balaban J connectivity index is 1.62. The second-order valence-electron chi connectivity index (χ2n) is 4.37. The molecule has 0 spiro atoms. The van der Waals surface area contributed by atoms with Crippen LogP contribution in [0.15, 0.2) is 10.9 Å². The molecule has 1 aliphatic heterocycles. The van der Waals surface area contributed by atoms with Gasteiger partial charge in [0.15, 0.2) is 0 Å². The molecule has 1 aromatic heterocycles. The summed E-state index contributed by atoms with van der Waals surface area (Å²) in [4.78, 5) is 15.8. The van der Waals surface area contributed by atoms with E-state index in [2.05, 4.69) is 15.6 Å². The molecule has 6 heteroatoms. The Morgan fingerprint density at radius 1 is 1.50 bits per heavy atom. The van der Waals surface area contributed by atoms with Gasteiger partial charge in [-0.25, -0.2) is 9.78 Å². The zero-order chi connectivity index (χ0) is 12.6. The Labute approximate surface area is 111 Å². The molecule has 5 nitrogen and oxygen atoms in total. The molecule has 0 saturated carbocycles. The van der Waals surface area contributed by atoms with E-state index in [1.54, 1.807) is 16.8 Å². The molecule has 0 aromatic carbocycles. The second kappa shape index (κ2) is 7.33.